The van der Waals surface area contributed by atoms with Crippen molar-refractivity contribution in [2.24, 2.45) is 0 Å². The van der Waals surface area contributed by atoms with E-state index in [1.165, 1.54) is 5.56 Å². The molecule has 0 aliphatic carbocycles. The van der Waals surface area contributed by atoms with Gasteiger partial charge in [-0.3, -0.25) is 15.0 Å². The fraction of sp³-hybridized carbons (Fsp3) is 0.348. The van der Waals surface area contributed by atoms with Crippen molar-refractivity contribution in [1.82, 2.24) is 15.8 Å². The summed E-state index contributed by atoms with van der Waals surface area (Å²) in [6, 6.07) is 17.3. The average Bonchev–Trinajstić information content (AvgIpc) is 3.16. The van der Waals surface area contributed by atoms with Crippen LogP contribution in [-0.2, 0) is 22.4 Å². The minimum absolute atomic E-state index is 0.0793. The van der Waals surface area contributed by atoms with Crippen molar-refractivity contribution in [2.45, 2.75) is 44.7 Å². The first-order valence-electron chi connectivity index (χ1n) is 10.2. The summed E-state index contributed by atoms with van der Waals surface area (Å²) < 4.78 is 0. The molecule has 30 heavy (non-hydrogen) atoms. The largest absolute Gasteiger partial charge is 0.359 e. The number of hydrogen-bond donors (Lipinski definition) is 2. The lowest BCUT2D eigenvalue weighted by Gasteiger charge is -2.25. The molecule has 2 aliphatic rings. The summed E-state index contributed by atoms with van der Waals surface area (Å²) in [5.74, 6) is -0.832. The van der Waals surface area contributed by atoms with Crippen molar-refractivity contribution in [2.75, 3.05) is 11.4 Å². The summed E-state index contributed by atoms with van der Waals surface area (Å²) in [5.41, 5.74) is 4.76. The highest BCUT2D eigenvalue weighted by molar-refractivity contribution is 6.07. The molecule has 156 valence electrons. The third-order valence-electron chi connectivity index (χ3n) is 5.92. The Labute approximate surface area is 176 Å². The molecule has 4 amide bonds. The zero-order chi connectivity index (χ0) is 21.3. The van der Waals surface area contributed by atoms with Gasteiger partial charge in [0.1, 0.15) is 5.54 Å². The molecular weight excluding hydrogens is 380 g/mol. The summed E-state index contributed by atoms with van der Waals surface area (Å²) in [5, 5.41) is 3.55. The van der Waals surface area contributed by atoms with Gasteiger partial charge in [-0.1, -0.05) is 48.5 Å². The van der Waals surface area contributed by atoms with Crippen molar-refractivity contribution in [3.05, 3.63) is 65.7 Å². The fourth-order valence-corrected chi connectivity index (χ4v) is 4.18. The number of nitrogens with one attached hydrogen (secondary N) is 2. The minimum atomic E-state index is -1.05. The van der Waals surface area contributed by atoms with Crippen molar-refractivity contribution >= 4 is 23.5 Å². The molecule has 0 aromatic heterocycles. The van der Waals surface area contributed by atoms with E-state index in [1.807, 2.05) is 53.4 Å². The quantitative estimate of drug-likeness (QED) is 0.722. The van der Waals surface area contributed by atoms with Gasteiger partial charge in [0.05, 0.1) is 6.54 Å². The number of para-hydroxylation sites is 1. The van der Waals surface area contributed by atoms with E-state index in [0.29, 0.717) is 12.8 Å². The number of amides is 4. The Balaban J connectivity index is 1.39. The smallest absolute Gasteiger partial charge is 0.344 e. The monoisotopic (exact) mass is 406 g/mol. The van der Waals surface area contributed by atoms with E-state index in [-0.39, 0.29) is 12.6 Å². The Morgan fingerprint density at radius 1 is 1.13 bits per heavy atom. The predicted octanol–water partition coefficient (Wildman–Crippen LogP) is 2.41. The molecule has 0 spiro atoms. The van der Waals surface area contributed by atoms with Gasteiger partial charge in [-0.2, -0.15) is 5.01 Å². The van der Waals surface area contributed by atoms with Crippen molar-refractivity contribution in [3.63, 3.8) is 0 Å². The second-order valence-electron chi connectivity index (χ2n) is 8.23. The van der Waals surface area contributed by atoms with Crippen LogP contribution < -0.4 is 15.6 Å². The summed E-state index contributed by atoms with van der Waals surface area (Å²) >= 11 is 0. The standard InChI is InChI=1S/C23H26N4O3/c1-16-14-18-10-6-7-11-19(18)26(16)15-20(28)25-27-21(29)23(2,24-22(27)30)13-12-17-8-4-3-5-9-17/h3-11,16H,12-15H2,1-2H3,(H,24,30)(H,25,28)/t16-,23+/m0/s1. The number of benzene rings is 2. The van der Waals surface area contributed by atoms with Gasteiger partial charge in [0.25, 0.3) is 11.8 Å². The van der Waals surface area contributed by atoms with Gasteiger partial charge < -0.3 is 10.2 Å². The Morgan fingerprint density at radius 2 is 1.83 bits per heavy atom. The first kappa shape index (κ1) is 19.9. The van der Waals surface area contributed by atoms with Crippen LogP contribution in [0.15, 0.2) is 54.6 Å². The van der Waals surface area contributed by atoms with Gasteiger partial charge in [0.2, 0.25) is 0 Å². The Morgan fingerprint density at radius 3 is 2.60 bits per heavy atom. The number of urea groups is 1. The van der Waals surface area contributed by atoms with E-state index in [4.69, 9.17) is 0 Å². The van der Waals surface area contributed by atoms with Gasteiger partial charge in [0, 0.05) is 11.7 Å². The lowest BCUT2D eigenvalue weighted by molar-refractivity contribution is -0.138. The number of rotatable bonds is 6. The SMILES string of the molecule is C[C@H]1Cc2ccccc2N1CC(=O)NN1C(=O)N[C@](C)(CCc2ccccc2)C1=O. The molecule has 1 saturated heterocycles. The molecule has 7 heteroatoms. The summed E-state index contributed by atoms with van der Waals surface area (Å²) in [6.07, 6.45) is 1.96. The van der Waals surface area contributed by atoms with Crippen LogP contribution >= 0.6 is 0 Å². The summed E-state index contributed by atoms with van der Waals surface area (Å²) in [7, 11) is 0. The van der Waals surface area contributed by atoms with Crippen LogP contribution in [0.2, 0.25) is 0 Å². The highest BCUT2D eigenvalue weighted by Crippen LogP contribution is 2.31. The Bertz CT molecular complexity index is 977. The number of hydrogen-bond acceptors (Lipinski definition) is 4. The van der Waals surface area contributed by atoms with Gasteiger partial charge in [0.15, 0.2) is 0 Å². The van der Waals surface area contributed by atoms with E-state index in [9.17, 15) is 14.4 Å². The number of nitrogens with zero attached hydrogens (tertiary/aromatic N) is 2. The van der Waals surface area contributed by atoms with Crippen LogP contribution in [0.3, 0.4) is 0 Å². The molecule has 0 radical (unpaired) electrons. The lowest BCUT2D eigenvalue weighted by atomic mass is 9.93. The first-order chi connectivity index (χ1) is 14.4. The maximum absolute atomic E-state index is 12.9. The fourth-order valence-electron chi connectivity index (χ4n) is 4.18. The predicted molar refractivity (Wildman–Crippen MR) is 114 cm³/mol. The molecule has 2 atom stereocenters. The van der Waals surface area contributed by atoms with Crippen molar-refractivity contribution in [1.29, 1.82) is 0 Å². The van der Waals surface area contributed by atoms with Gasteiger partial charge in [-0.25, -0.2) is 4.79 Å². The Kier molecular flexibility index (Phi) is 5.20. The van der Waals surface area contributed by atoms with Gasteiger partial charge >= 0.3 is 6.03 Å². The summed E-state index contributed by atoms with van der Waals surface area (Å²) in [6.45, 7) is 3.83. The lowest BCUT2D eigenvalue weighted by Crippen LogP contribution is -2.51. The van der Waals surface area contributed by atoms with E-state index in [1.54, 1.807) is 6.92 Å². The van der Waals surface area contributed by atoms with Crippen molar-refractivity contribution in [3.8, 4) is 0 Å². The minimum Gasteiger partial charge on any atom is -0.359 e. The molecule has 4 rings (SSSR count). The summed E-state index contributed by atoms with van der Waals surface area (Å²) in [4.78, 5) is 40.0. The molecular formula is C23H26N4O3. The topological polar surface area (TPSA) is 81.8 Å². The maximum atomic E-state index is 12.9. The third-order valence-corrected chi connectivity index (χ3v) is 5.92. The average molecular weight is 406 g/mol. The van der Waals surface area contributed by atoms with Crippen LogP contribution in [0.5, 0.6) is 0 Å². The third kappa shape index (κ3) is 3.75. The van der Waals surface area contributed by atoms with Crippen LogP contribution in [-0.4, -0.2) is 41.0 Å². The number of aryl methyl sites for hydroxylation is 1. The van der Waals surface area contributed by atoms with E-state index >= 15 is 0 Å². The number of anilines is 1. The van der Waals surface area contributed by atoms with Crippen LogP contribution in [0.1, 0.15) is 31.4 Å². The highest BCUT2D eigenvalue weighted by atomic mass is 16.2. The number of carbonyl (C=O) groups excluding carboxylic acids is 3. The van der Waals surface area contributed by atoms with Crippen molar-refractivity contribution < 1.29 is 14.4 Å². The molecule has 2 aliphatic heterocycles. The molecule has 2 N–H and O–H groups in total. The number of imide groups is 1. The number of hydrazine groups is 1. The molecule has 2 aromatic carbocycles. The van der Waals surface area contributed by atoms with Gasteiger partial charge in [-0.15, -0.1) is 0 Å². The van der Waals surface area contributed by atoms with Crippen LogP contribution in [0, 0.1) is 0 Å². The highest BCUT2D eigenvalue weighted by Gasteiger charge is 2.48. The molecule has 0 unspecified atom stereocenters. The number of carbonyl (C=O) groups is 3. The van der Waals surface area contributed by atoms with Crippen LogP contribution in [0.25, 0.3) is 0 Å². The molecule has 0 saturated carbocycles. The zero-order valence-electron chi connectivity index (χ0n) is 17.2. The second kappa shape index (κ2) is 7.82. The van der Waals surface area contributed by atoms with E-state index < -0.39 is 23.4 Å². The normalized spacial score (nSPS) is 22.8. The zero-order valence-corrected chi connectivity index (χ0v) is 17.2. The second-order valence-corrected chi connectivity index (χ2v) is 8.23. The number of fused-ring (bicyclic) bond motifs is 1. The molecule has 7 nitrogen and oxygen atoms in total. The molecule has 2 aromatic rings. The van der Waals surface area contributed by atoms with E-state index in [0.717, 1.165) is 22.7 Å². The molecule has 1 fully saturated rings. The van der Waals surface area contributed by atoms with Crippen LogP contribution in [0.4, 0.5) is 10.5 Å². The molecule has 2 heterocycles. The first-order valence-corrected chi connectivity index (χ1v) is 10.2. The van der Waals surface area contributed by atoms with Gasteiger partial charge in [-0.05, 0) is 50.3 Å². The Hall–Kier alpha value is -3.35. The molecule has 0 bridgehead atoms. The van der Waals surface area contributed by atoms with E-state index in [2.05, 4.69) is 23.7 Å². The maximum Gasteiger partial charge on any atom is 0.344 e.